The fourth-order valence-electron chi connectivity index (χ4n) is 3.32. The van der Waals surface area contributed by atoms with Crippen molar-refractivity contribution in [3.8, 4) is 11.4 Å². The molecule has 12 nitrogen and oxygen atoms in total. The summed E-state index contributed by atoms with van der Waals surface area (Å²) in [5.41, 5.74) is 6.70. The Morgan fingerprint density at radius 3 is 2.26 bits per heavy atom. The number of nitrogens with two attached hydrogens (primary N) is 1. The second-order valence-electron chi connectivity index (χ2n) is 9.30. The minimum atomic E-state index is -1.70. The number of tetrazole rings is 1. The Morgan fingerprint density at radius 2 is 1.66 bits per heavy atom. The molecule has 0 aliphatic carbocycles. The number of carbonyl (C=O) groups excluding carboxylic acids is 4. The molecule has 12 heteroatoms. The summed E-state index contributed by atoms with van der Waals surface area (Å²) < 4.78 is 15.3. The first-order chi connectivity index (χ1) is 18.0. The second-order valence-corrected chi connectivity index (χ2v) is 9.30. The molecule has 2 unspecified atom stereocenters. The highest BCUT2D eigenvalue weighted by Gasteiger charge is 2.37. The quantitative estimate of drug-likeness (QED) is 0.235. The lowest BCUT2D eigenvalue weighted by Crippen LogP contribution is -2.43. The average Bonchev–Trinajstić information content (AvgIpc) is 3.36. The summed E-state index contributed by atoms with van der Waals surface area (Å²) in [7, 11) is 1.27. The maximum Gasteiger partial charge on any atom is 0.341 e. The van der Waals surface area contributed by atoms with Crippen LogP contribution >= 0.6 is 0 Å². The molecule has 38 heavy (non-hydrogen) atoms. The molecule has 0 radical (unpaired) electrons. The molecule has 2 atom stereocenters. The summed E-state index contributed by atoms with van der Waals surface area (Å²) >= 11 is 0. The normalized spacial score (nSPS) is 12.8. The van der Waals surface area contributed by atoms with Crippen molar-refractivity contribution in [2.24, 2.45) is 5.73 Å². The van der Waals surface area contributed by atoms with Gasteiger partial charge in [0, 0.05) is 5.56 Å². The van der Waals surface area contributed by atoms with Gasteiger partial charge in [-0.25, -0.2) is 9.59 Å². The summed E-state index contributed by atoms with van der Waals surface area (Å²) in [6.07, 6.45) is -0.463. The number of esters is 3. The van der Waals surface area contributed by atoms with E-state index in [0.717, 1.165) is 4.80 Å². The molecular weight excluding hydrogens is 494 g/mol. The Bertz CT molecular complexity index is 1280. The van der Waals surface area contributed by atoms with Gasteiger partial charge in [-0.1, -0.05) is 42.5 Å². The Morgan fingerprint density at radius 1 is 1.00 bits per heavy atom. The highest BCUT2D eigenvalue weighted by molar-refractivity contribution is 6.04. The lowest BCUT2D eigenvalue weighted by Gasteiger charge is -2.21. The molecule has 0 bridgehead atoms. The maximum absolute atomic E-state index is 13.3. The van der Waals surface area contributed by atoms with Crippen molar-refractivity contribution in [1.82, 2.24) is 20.2 Å². The third-order valence-corrected chi connectivity index (χ3v) is 5.11. The lowest BCUT2D eigenvalue weighted by atomic mass is 10.0. The number of nitrogens with zero attached hydrogens (tertiary/aromatic N) is 4. The predicted octanol–water partition coefficient (Wildman–Crippen LogP) is 2.04. The predicted molar refractivity (Wildman–Crippen MR) is 133 cm³/mol. The van der Waals surface area contributed by atoms with E-state index in [1.54, 1.807) is 57.2 Å². The number of aromatic nitrogens is 4. The zero-order valence-corrected chi connectivity index (χ0v) is 21.5. The van der Waals surface area contributed by atoms with Crippen molar-refractivity contribution >= 4 is 23.7 Å². The fraction of sp³-hybridized carbons (Fsp3) is 0.346. The van der Waals surface area contributed by atoms with Crippen LogP contribution in [0.2, 0.25) is 0 Å². The lowest BCUT2D eigenvalue weighted by molar-refractivity contribution is -0.158. The first-order valence-electron chi connectivity index (χ1n) is 11.7. The van der Waals surface area contributed by atoms with Gasteiger partial charge in [-0.2, -0.15) is 0 Å². The summed E-state index contributed by atoms with van der Waals surface area (Å²) in [6, 6.07) is 11.9. The van der Waals surface area contributed by atoms with Gasteiger partial charge in [-0.3, -0.25) is 9.59 Å². The molecule has 0 saturated heterocycles. The van der Waals surface area contributed by atoms with Gasteiger partial charge in [-0.15, -0.1) is 15.0 Å². The molecule has 1 aromatic heterocycles. The van der Waals surface area contributed by atoms with Crippen LogP contribution in [0.4, 0.5) is 0 Å². The summed E-state index contributed by atoms with van der Waals surface area (Å²) in [5, 5.41) is 12.0. The van der Waals surface area contributed by atoms with Crippen molar-refractivity contribution in [3.05, 3.63) is 65.7 Å². The molecule has 0 saturated carbocycles. The van der Waals surface area contributed by atoms with Gasteiger partial charge in [0.2, 0.25) is 11.9 Å². The number of hydrogen-bond acceptors (Lipinski definition) is 11. The van der Waals surface area contributed by atoms with E-state index in [2.05, 4.69) is 20.1 Å². The van der Waals surface area contributed by atoms with E-state index in [-0.39, 0.29) is 12.4 Å². The number of Topliss-reactive ketones (excluding diaryl/α,β-unsaturated/α-hetero) is 1. The molecule has 200 valence electrons. The molecule has 0 amide bonds. The number of rotatable bonds is 10. The van der Waals surface area contributed by atoms with E-state index in [4.69, 9.17) is 15.2 Å². The second kappa shape index (κ2) is 12.2. The molecule has 2 aromatic carbocycles. The topological polar surface area (TPSA) is 166 Å². The van der Waals surface area contributed by atoms with Crippen LogP contribution in [0, 0.1) is 0 Å². The Labute approximate surface area is 219 Å². The van der Waals surface area contributed by atoms with Gasteiger partial charge in [0.1, 0.15) is 12.2 Å². The zero-order chi connectivity index (χ0) is 27.9. The van der Waals surface area contributed by atoms with Crippen LogP contribution in [-0.4, -0.2) is 62.7 Å². The highest BCUT2D eigenvalue weighted by Crippen LogP contribution is 2.19. The van der Waals surface area contributed by atoms with Crippen LogP contribution in [0.25, 0.3) is 11.4 Å². The number of methoxy groups -OCH3 is 1. The molecule has 0 aliphatic rings. The Hall–Kier alpha value is -4.45. The minimum absolute atomic E-state index is 0.0794. The SMILES string of the molecule is COC(=O)c1ccc(-c2nnn(C(C(=O)OCc3ccccc3)C(=O)C(N)CC(=O)OC(C)(C)C)n2)cc1. The van der Waals surface area contributed by atoms with Crippen molar-refractivity contribution in [1.29, 1.82) is 0 Å². The van der Waals surface area contributed by atoms with Crippen molar-refractivity contribution in [3.63, 3.8) is 0 Å². The van der Waals surface area contributed by atoms with E-state index < -0.39 is 47.8 Å². The highest BCUT2D eigenvalue weighted by atomic mass is 16.6. The maximum atomic E-state index is 13.3. The molecule has 2 N–H and O–H groups in total. The van der Waals surface area contributed by atoms with Crippen LogP contribution in [-0.2, 0) is 35.2 Å². The molecule has 1 heterocycles. The van der Waals surface area contributed by atoms with Crippen molar-refractivity contribution in [2.45, 2.75) is 51.5 Å². The smallest absolute Gasteiger partial charge is 0.341 e. The van der Waals surface area contributed by atoms with Gasteiger partial charge >= 0.3 is 17.9 Å². The number of hydrogen-bond donors (Lipinski definition) is 1. The molecule has 3 aromatic rings. The first kappa shape index (κ1) is 28.1. The van der Waals surface area contributed by atoms with Gasteiger partial charge < -0.3 is 19.9 Å². The van der Waals surface area contributed by atoms with Crippen molar-refractivity contribution in [2.75, 3.05) is 7.11 Å². The summed E-state index contributed by atoms with van der Waals surface area (Å²) in [4.78, 5) is 51.1. The zero-order valence-electron chi connectivity index (χ0n) is 21.5. The van der Waals surface area contributed by atoms with E-state index >= 15 is 0 Å². The van der Waals surface area contributed by atoms with Crippen LogP contribution in [0.1, 0.15) is 49.2 Å². The van der Waals surface area contributed by atoms with Gasteiger partial charge in [0.25, 0.3) is 0 Å². The van der Waals surface area contributed by atoms with Gasteiger partial charge in [-0.05, 0) is 43.7 Å². The average molecular weight is 524 g/mol. The van der Waals surface area contributed by atoms with E-state index in [1.165, 1.54) is 19.2 Å². The van der Waals surface area contributed by atoms with Crippen LogP contribution in [0.15, 0.2) is 54.6 Å². The first-order valence-corrected chi connectivity index (χ1v) is 11.7. The Balaban J connectivity index is 1.85. The molecule has 3 rings (SSSR count). The van der Waals surface area contributed by atoms with E-state index in [9.17, 15) is 19.2 Å². The number of ketones is 1. The van der Waals surface area contributed by atoms with E-state index in [0.29, 0.717) is 16.7 Å². The van der Waals surface area contributed by atoms with Crippen LogP contribution < -0.4 is 5.73 Å². The molecule has 0 spiro atoms. The van der Waals surface area contributed by atoms with Crippen LogP contribution in [0.5, 0.6) is 0 Å². The van der Waals surface area contributed by atoms with Crippen molar-refractivity contribution < 1.29 is 33.4 Å². The third-order valence-electron chi connectivity index (χ3n) is 5.11. The number of benzene rings is 2. The largest absolute Gasteiger partial charge is 0.465 e. The summed E-state index contributed by atoms with van der Waals surface area (Å²) in [5.74, 6) is -2.95. The fourth-order valence-corrected chi connectivity index (χ4v) is 3.32. The molecular formula is C26H29N5O7. The standard InChI is InChI=1S/C26H29N5O7/c1-26(2,3)38-20(32)14-19(27)22(33)21(25(35)37-15-16-8-6-5-7-9-16)31-29-23(28-30-31)17-10-12-18(13-11-17)24(34)36-4/h5-13,19,21H,14-15,27H2,1-4H3. The van der Waals surface area contributed by atoms with Gasteiger partial charge in [0.15, 0.2) is 5.78 Å². The van der Waals surface area contributed by atoms with Crippen LogP contribution in [0.3, 0.4) is 0 Å². The van der Waals surface area contributed by atoms with E-state index in [1.807, 2.05) is 6.07 Å². The summed E-state index contributed by atoms with van der Waals surface area (Å²) in [6.45, 7) is 4.93. The molecule has 0 aliphatic heterocycles. The molecule has 0 fully saturated rings. The number of carbonyl (C=O) groups is 4. The minimum Gasteiger partial charge on any atom is -0.465 e. The monoisotopic (exact) mass is 523 g/mol. The third kappa shape index (κ3) is 7.53. The number of ether oxygens (including phenoxy) is 3. The Kier molecular flexibility index (Phi) is 9.02. The van der Waals surface area contributed by atoms with Gasteiger partial charge in [0.05, 0.1) is 25.1 Å².